The van der Waals surface area contributed by atoms with E-state index in [1.165, 1.54) is 0 Å². The van der Waals surface area contributed by atoms with Crippen LogP contribution in [-0.2, 0) is 10.3 Å². The first kappa shape index (κ1) is 23.5. The summed E-state index contributed by atoms with van der Waals surface area (Å²) in [4.78, 5) is 6.73. The normalized spacial score (nSPS) is 18.5. The van der Waals surface area contributed by atoms with Crippen LogP contribution < -0.4 is 15.0 Å². The number of ether oxygens (including phenoxy) is 2. The van der Waals surface area contributed by atoms with Crippen LogP contribution >= 0.6 is 23.8 Å². The molecule has 4 rings (SSSR count). The van der Waals surface area contributed by atoms with Gasteiger partial charge in [0, 0.05) is 36.9 Å². The van der Waals surface area contributed by atoms with Gasteiger partial charge in [-0.05, 0) is 75.0 Å². The number of methoxy groups -OCH3 is 1. The van der Waals surface area contributed by atoms with Gasteiger partial charge in [-0.2, -0.15) is 0 Å². The van der Waals surface area contributed by atoms with Crippen molar-refractivity contribution in [3.05, 3.63) is 77.3 Å². The minimum absolute atomic E-state index is 0.0272. The molecule has 1 aliphatic rings. The molecule has 0 aliphatic carbocycles. The highest BCUT2D eigenvalue weighted by Gasteiger charge is 2.41. The third-order valence-electron chi connectivity index (χ3n) is 5.67. The number of nitrogens with one attached hydrogen (secondary N) is 1. The van der Waals surface area contributed by atoms with E-state index in [1.807, 2.05) is 42.6 Å². The number of hydrogen-bond donors (Lipinski definition) is 1. The van der Waals surface area contributed by atoms with E-state index in [-0.39, 0.29) is 17.6 Å². The third kappa shape index (κ3) is 5.00. The summed E-state index contributed by atoms with van der Waals surface area (Å²) >= 11 is 12.4. The van der Waals surface area contributed by atoms with Gasteiger partial charge in [-0.3, -0.25) is 4.98 Å². The molecule has 0 radical (unpaired) electrons. The average molecular weight is 485 g/mol. The van der Waals surface area contributed by atoms with Gasteiger partial charge in [0.1, 0.15) is 12.4 Å². The van der Waals surface area contributed by atoms with E-state index in [1.54, 1.807) is 7.11 Å². The molecule has 1 N–H and O–H groups in total. The number of benzene rings is 1. The number of anilines is 1. The van der Waals surface area contributed by atoms with E-state index in [4.69, 9.17) is 33.3 Å². The lowest BCUT2D eigenvalue weighted by Crippen LogP contribution is -2.29. The Morgan fingerprint density at radius 1 is 1.15 bits per heavy atom. The van der Waals surface area contributed by atoms with Crippen LogP contribution in [0.4, 0.5) is 5.69 Å². The van der Waals surface area contributed by atoms with Crippen LogP contribution in [0.25, 0.3) is 0 Å². The van der Waals surface area contributed by atoms with Crippen LogP contribution in [0.2, 0.25) is 5.02 Å². The SMILES string of the molecule is COCCOc1ccc(N2C(=S)N[C@H](c3ccccn3)[C@@H]2c2ccn(C(C)(C)C)c2)cc1Cl. The largest absolute Gasteiger partial charge is 0.490 e. The fourth-order valence-corrected chi connectivity index (χ4v) is 4.54. The molecule has 2 aromatic heterocycles. The van der Waals surface area contributed by atoms with E-state index in [9.17, 15) is 0 Å². The van der Waals surface area contributed by atoms with Crippen LogP contribution in [0, 0.1) is 0 Å². The van der Waals surface area contributed by atoms with E-state index in [0.717, 1.165) is 16.9 Å². The van der Waals surface area contributed by atoms with E-state index in [2.05, 4.69) is 59.0 Å². The molecule has 3 heterocycles. The van der Waals surface area contributed by atoms with Crippen molar-refractivity contribution in [1.29, 1.82) is 0 Å². The minimum atomic E-state index is -0.106. The maximum absolute atomic E-state index is 6.57. The van der Waals surface area contributed by atoms with Gasteiger partial charge >= 0.3 is 0 Å². The Kier molecular flexibility index (Phi) is 6.93. The van der Waals surface area contributed by atoms with Crippen molar-refractivity contribution in [2.24, 2.45) is 0 Å². The topological polar surface area (TPSA) is 51.6 Å². The second-order valence-corrected chi connectivity index (χ2v) is 9.77. The second-order valence-electron chi connectivity index (χ2n) is 8.98. The second kappa shape index (κ2) is 9.71. The lowest BCUT2D eigenvalue weighted by molar-refractivity contribution is 0.146. The highest BCUT2D eigenvalue weighted by molar-refractivity contribution is 7.80. The molecule has 0 amide bonds. The van der Waals surface area contributed by atoms with Crippen LogP contribution in [0.3, 0.4) is 0 Å². The Morgan fingerprint density at radius 3 is 2.61 bits per heavy atom. The van der Waals surface area contributed by atoms with Crippen molar-refractivity contribution in [3.63, 3.8) is 0 Å². The first-order valence-corrected chi connectivity index (χ1v) is 11.7. The Hall–Kier alpha value is -2.61. The molecule has 1 saturated heterocycles. The Balaban J connectivity index is 1.73. The van der Waals surface area contributed by atoms with Crippen molar-refractivity contribution in [3.8, 4) is 5.75 Å². The van der Waals surface area contributed by atoms with Crippen molar-refractivity contribution < 1.29 is 9.47 Å². The van der Waals surface area contributed by atoms with Gasteiger partial charge in [-0.25, -0.2) is 0 Å². The molecule has 0 bridgehead atoms. The summed E-state index contributed by atoms with van der Waals surface area (Å²) in [7, 11) is 1.64. The maximum Gasteiger partial charge on any atom is 0.174 e. The highest BCUT2D eigenvalue weighted by Crippen LogP contribution is 2.43. The smallest absolute Gasteiger partial charge is 0.174 e. The average Bonchev–Trinajstić information content (AvgIpc) is 3.40. The highest BCUT2D eigenvalue weighted by atomic mass is 35.5. The molecule has 33 heavy (non-hydrogen) atoms. The summed E-state index contributed by atoms with van der Waals surface area (Å²) in [6.07, 6.45) is 6.11. The quantitative estimate of drug-likeness (QED) is 0.353. The predicted molar refractivity (Wildman–Crippen MR) is 136 cm³/mol. The molecule has 1 fully saturated rings. The van der Waals surface area contributed by atoms with E-state index < -0.39 is 0 Å². The Morgan fingerprint density at radius 2 is 1.97 bits per heavy atom. The molecule has 8 heteroatoms. The van der Waals surface area contributed by atoms with Crippen molar-refractivity contribution in [2.75, 3.05) is 25.2 Å². The first-order chi connectivity index (χ1) is 15.8. The molecular formula is C25H29ClN4O2S. The van der Waals surface area contributed by atoms with Crippen molar-refractivity contribution in [1.82, 2.24) is 14.9 Å². The standard InChI is InChI=1S/C25H29ClN4O2S/c1-25(2,3)29-12-10-17(16-29)23-22(20-7-5-6-11-27-20)28-24(33)30(23)18-8-9-21(19(26)15-18)32-14-13-31-4/h5-12,15-16,22-23H,13-14H2,1-4H3,(H,28,33)/t22-,23+/m1/s1. The number of pyridine rings is 1. The van der Waals surface area contributed by atoms with Gasteiger partial charge in [0.05, 0.1) is 29.4 Å². The van der Waals surface area contributed by atoms with E-state index >= 15 is 0 Å². The fraction of sp³-hybridized carbons (Fsp3) is 0.360. The van der Waals surface area contributed by atoms with Crippen LogP contribution in [0.15, 0.2) is 61.1 Å². The number of aromatic nitrogens is 2. The van der Waals surface area contributed by atoms with Crippen LogP contribution in [0.5, 0.6) is 5.75 Å². The molecule has 1 aromatic carbocycles. The molecule has 0 unspecified atom stereocenters. The summed E-state index contributed by atoms with van der Waals surface area (Å²) in [5, 5.41) is 4.64. The Bertz CT molecular complexity index is 1110. The molecule has 174 valence electrons. The summed E-state index contributed by atoms with van der Waals surface area (Å²) in [6.45, 7) is 7.49. The van der Waals surface area contributed by atoms with Crippen LogP contribution in [-0.4, -0.2) is 35.0 Å². The summed E-state index contributed by atoms with van der Waals surface area (Å²) in [6, 6.07) is 13.6. The number of thiocarbonyl (C=S) groups is 1. The lowest BCUT2D eigenvalue weighted by atomic mass is 9.98. The van der Waals surface area contributed by atoms with E-state index in [0.29, 0.717) is 29.1 Å². The molecule has 0 saturated carbocycles. The van der Waals surface area contributed by atoms with Crippen LogP contribution in [0.1, 0.15) is 44.1 Å². The summed E-state index contributed by atoms with van der Waals surface area (Å²) in [5.74, 6) is 0.618. The molecular weight excluding hydrogens is 456 g/mol. The summed E-state index contributed by atoms with van der Waals surface area (Å²) < 4.78 is 13.0. The number of rotatable bonds is 7. The lowest BCUT2D eigenvalue weighted by Gasteiger charge is -2.28. The molecule has 0 spiro atoms. The molecule has 1 aliphatic heterocycles. The zero-order chi connectivity index (χ0) is 23.6. The molecule has 6 nitrogen and oxygen atoms in total. The van der Waals surface area contributed by atoms with Gasteiger partial charge in [0.25, 0.3) is 0 Å². The number of halogens is 1. The first-order valence-electron chi connectivity index (χ1n) is 10.9. The fourth-order valence-electron chi connectivity index (χ4n) is 3.97. The Labute approximate surface area is 205 Å². The van der Waals surface area contributed by atoms with Gasteiger partial charge in [0.2, 0.25) is 0 Å². The zero-order valence-corrected chi connectivity index (χ0v) is 20.9. The monoisotopic (exact) mass is 484 g/mol. The molecule has 3 aromatic rings. The third-order valence-corrected chi connectivity index (χ3v) is 6.28. The minimum Gasteiger partial charge on any atom is -0.490 e. The zero-order valence-electron chi connectivity index (χ0n) is 19.3. The predicted octanol–water partition coefficient (Wildman–Crippen LogP) is 5.49. The summed E-state index contributed by atoms with van der Waals surface area (Å²) in [5.41, 5.74) is 2.94. The van der Waals surface area contributed by atoms with Gasteiger partial charge in [-0.15, -0.1) is 0 Å². The van der Waals surface area contributed by atoms with Gasteiger partial charge < -0.3 is 24.3 Å². The maximum atomic E-state index is 6.57. The van der Waals surface area contributed by atoms with Crippen molar-refractivity contribution >= 4 is 34.6 Å². The molecule has 2 atom stereocenters. The van der Waals surface area contributed by atoms with Gasteiger partial charge in [0.15, 0.2) is 5.11 Å². The number of hydrogen-bond acceptors (Lipinski definition) is 4. The van der Waals surface area contributed by atoms with Crippen molar-refractivity contribution in [2.45, 2.75) is 38.4 Å². The number of nitrogens with zero attached hydrogens (tertiary/aromatic N) is 3. The van der Waals surface area contributed by atoms with Gasteiger partial charge in [-0.1, -0.05) is 17.7 Å².